The van der Waals surface area contributed by atoms with E-state index in [1.54, 1.807) is 18.2 Å². The molecule has 1 fully saturated rings. The predicted molar refractivity (Wildman–Crippen MR) is 77.5 cm³/mol. The number of hydrogen-bond acceptors (Lipinski definition) is 5. The van der Waals surface area contributed by atoms with Crippen LogP contribution in [0.15, 0.2) is 24.5 Å². The number of halogens is 1. The summed E-state index contributed by atoms with van der Waals surface area (Å²) in [6, 6.07) is 5.38. The monoisotopic (exact) mass is 306 g/mol. The Morgan fingerprint density at radius 1 is 1.52 bits per heavy atom. The summed E-state index contributed by atoms with van der Waals surface area (Å²) in [7, 11) is 0. The predicted octanol–water partition coefficient (Wildman–Crippen LogP) is 0.797. The molecule has 1 aliphatic rings. The molecule has 1 aliphatic heterocycles. The molecule has 0 radical (unpaired) electrons. The van der Waals surface area contributed by atoms with Crippen LogP contribution in [0.5, 0.6) is 0 Å². The van der Waals surface area contributed by atoms with Gasteiger partial charge in [0, 0.05) is 17.6 Å². The van der Waals surface area contributed by atoms with Crippen molar-refractivity contribution in [3.8, 4) is 5.69 Å². The third-order valence-corrected chi connectivity index (χ3v) is 3.71. The first-order chi connectivity index (χ1) is 10.2. The van der Waals surface area contributed by atoms with E-state index in [0.29, 0.717) is 28.9 Å². The normalized spacial score (nSPS) is 17.9. The second-order valence-electron chi connectivity index (χ2n) is 4.92. The molecule has 0 bridgehead atoms. The van der Waals surface area contributed by atoms with Crippen LogP contribution in [-0.4, -0.2) is 45.2 Å². The van der Waals surface area contributed by atoms with Gasteiger partial charge in [-0.15, -0.1) is 5.10 Å². The fraction of sp³-hybridized carbons (Fsp3) is 0.385. The molecule has 2 aromatic rings. The van der Waals surface area contributed by atoms with Crippen LogP contribution in [0.1, 0.15) is 23.2 Å². The lowest BCUT2D eigenvalue weighted by Gasteiger charge is -2.13. The number of nitrogens with zero attached hydrogens (tertiary/aromatic N) is 4. The van der Waals surface area contributed by atoms with Crippen molar-refractivity contribution in [2.45, 2.75) is 18.9 Å². The molecule has 2 N–H and O–H groups in total. The smallest absolute Gasteiger partial charge is 0.253 e. The number of rotatable bonds is 4. The molecule has 7 nitrogen and oxygen atoms in total. The van der Waals surface area contributed by atoms with Gasteiger partial charge in [-0.25, -0.2) is 0 Å². The van der Waals surface area contributed by atoms with Gasteiger partial charge in [0.2, 0.25) is 0 Å². The van der Waals surface area contributed by atoms with Crippen molar-refractivity contribution >= 4 is 17.5 Å². The van der Waals surface area contributed by atoms with Crippen LogP contribution < -0.4 is 10.6 Å². The summed E-state index contributed by atoms with van der Waals surface area (Å²) in [5.41, 5.74) is 1.05. The van der Waals surface area contributed by atoms with Crippen molar-refractivity contribution < 1.29 is 4.79 Å². The van der Waals surface area contributed by atoms with Crippen molar-refractivity contribution in [3.63, 3.8) is 0 Å². The number of carbonyl (C=O) groups is 1. The minimum Gasteiger partial charge on any atom is -0.350 e. The van der Waals surface area contributed by atoms with Crippen LogP contribution in [0.25, 0.3) is 5.69 Å². The molecule has 1 aromatic carbocycles. The summed E-state index contributed by atoms with van der Waals surface area (Å²) in [5, 5.41) is 17.8. The van der Waals surface area contributed by atoms with Crippen LogP contribution >= 0.6 is 11.6 Å². The zero-order valence-corrected chi connectivity index (χ0v) is 12.0. The van der Waals surface area contributed by atoms with Crippen LogP contribution in [-0.2, 0) is 0 Å². The summed E-state index contributed by atoms with van der Waals surface area (Å²) in [6.07, 6.45) is 3.67. The third kappa shape index (κ3) is 3.20. The number of tetrazole rings is 1. The van der Waals surface area contributed by atoms with E-state index in [2.05, 4.69) is 26.2 Å². The lowest BCUT2D eigenvalue weighted by Crippen LogP contribution is -2.37. The molecular weight excluding hydrogens is 292 g/mol. The Hall–Kier alpha value is -1.99. The quantitative estimate of drug-likeness (QED) is 0.872. The van der Waals surface area contributed by atoms with Gasteiger partial charge < -0.3 is 10.6 Å². The molecule has 2 heterocycles. The summed E-state index contributed by atoms with van der Waals surface area (Å²) in [6.45, 7) is 1.61. The second-order valence-corrected chi connectivity index (χ2v) is 5.36. The fourth-order valence-corrected chi connectivity index (χ4v) is 2.58. The first kappa shape index (κ1) is 14.0. The van der Waals surface area contributed by atoms with E-state index in [-0.39, 0.29) is 5.91 Å². The van der Waals surface area contributed by atoms with Gasteiger partial charge in [-0.1, -0.05) is 11.6 Å². The molecule has 1 saturated heterocycles. The summed E-state index contributed by atoms with van der Waals surface area (Å²) in [4.78, 5) is 12.4. The maximum absolute atomic E-state index is 12.4. The standard InChI is InChI=1S/C13H15ClN6O/c14-9-3-4-12(20-8-17-18-19-20)11(6-9)13(21)16-7-10-2-1-5-15-10/h3-4,6,8,10,15H,1-2,5,7H2,(H,16,21). The number of hydrogen-bond donors (Lipinski definition) is 2. The Balaban J connectivity index is 1.79. The molecule has 0 spiro atoms. The van der Waals surface area contributed by atoms with Crippen LogP contribution in [0.4, 0.5) is 0 Å². The van der Waals surface area contributed by atoms with Crippen molar-refractivity contribution in [2.24, 2.45) is 0 Å². The largest absolute Gasteiger partial charge is 0.350 e. The maximum Gasteiger partial charge on any atom is 0.253 e. The van der Waals surface area contributed by atoms with E-state index in [0.717, 1.165) is 19.4 Å². The average molecular weight is 307 g/mol. The molecule has 0 aliphatic carbocycles. The Morgan fingerprint density at radius 2 is 2.43 bits per heavy atom. The van der Waals surface area contributed by atoms with Gasteiger partial charge in [-0.05, 0) is 48.0 Å². The van der Waals surface area contributed by atoms with Gasteiger partial charge in [0.25, 0.3) is 5.91 Å². The second kappa shape index (κ2) is 6.19. The van der Waals surface area contributed by atoms with Gasteiger partial charge in [-0.3, -0.25) is 4.79 Å². The molecule has 0 saturated carbocycles. The summed E-state index contributed by atoms with van der Waals surface area (Å²) in [5.74, 6) is -0.184. The van der Waals surface area contributed by atoms with Gasteiger partial charge >= 0.3 is 0 Å². The Kier molecular flexibility index (Phi) is 4.12. The fourth-order valence-electron chi connectivity index (χ4n) is 2.40. The van der Waals surface area contributed by atoms with E-state index in [1.165, 1.54) is 11.0 Å². The average Bonchev–Trinajstić information content (AvgIpc) is 3.18. The number of nitrogens with one attached hydrogen (secondary N) is 2. The van der Waals surface area contributed by atoms with E-state index in [1.807, 2.05) is 0 Å². The van der Waals surface area contributed by atoms with E-state index < -0.39 is 0 Å². The van der Waals surface area contributed by atoms with Crippen LogP contribution in [0.3, 0.4) is 0 Å². The van der Waals surface area contributed by atoms with Crippen molar-refractivity contribution in [1.82, 2.24) is 30.8 Å². The number of carbonyl (C=O) groups excluding carboxylic acids is 1. The lowest BCUT2D eigenvalue weighted by atomic mass is 10.1. The van der Waals surface area contributed by atoms with Gasteiger partial charge in [0.1, 0.15) is 6.33 Å². The zero-order valence-electron chi connectivity index (χ0n) is 11.3. The van der Waals surface area contributed by atoms with Gasteiger partial charge in [0.15, 0.2) is 0 Å². The Labute approximate surface area is 126 Å². The highest BCUT2D eigenvalue weighted by Crippen LogP contribution is 2.19. The van der Waals surface area contributed by atoms with Crippen LogP contribution in [0.2, 0.25) is 5.02 Å². The van der Waals surface area contributed by atoms with Crippen LogP contribution in [0, 0.1) is 0 Å². The molecule has 1 aromatic heterocycles. The maximum atomic E-state index is 12.4. The highest BCUT2D eigenvalue weighted by molar-refractivity contribution is 6.31. The first-order valence-electron chi connectivity index (χ1n) is 6.78. The van der Waals surface area contributed by atoms with Crippen molar-refractivity contribution in [3.05, 3.63) is 35.1 Å². The molecular formula is C13H15ClN6O. The van der Waals surface area contributed by atoms with E-state index in [4.69, 9.17) is 11.6 Å². The van der Waals surface area contributed by atoms with E-state index >= 15 is 0 Å². The Morgan fingerprint density at radius 3 is 3.14 bits per heavy atom. The SMILES string of the molecule is O=C(NCC1CCCN1)c1cc(Cl)ccc1-n1cnnn1. The molecule has 1 atom stereocenters. The third-order valence-electron chi connectivity index (χ3n) is 3.47. The summed E-state index contributed by atoms with van der Waals surface area (Å²) < 4.78 is 1.44. The van der Waals surface area contributed by atoms with Gasteiger partial charge in [-0.2, -0.15) is 4.68 Å². The zero-order chi connectivity index (χ0) is 14.7. The molecule has 1 amide bonds. The van der Waals surface area contributed by atoms with Gasteiger partial charge in [0.05, 0.1) is 11.3 Å². The highest BCUT2D eigenvalue weighted by atomic mass is 35.5. The molecule has 8 heteroatoms. The number of benzene rings is 1. The number of aromatic nitrogens is 4. The number of amides is 1. The molecule has 110 valence electrons. The first-order valence-corrected chi connectivity index (χ1v) is 7.16. The Bertz CT molecular complexity index is 624. The van der Waals surface area contributed by atoms with Crippen molar-refractivity contribution in [2.75, 3.05) is 13.1 Å². The topological polar surface area (TPSA) is 84.7 Å². The lowest BCUT2D eigenvalue weighted by molar-refractivity contribution is 0.0950. The summed E-state index contributed by atoms with van der Waals surface area (Å²) >= 11 is 6.00. The molecule has 1 unspecified atom stereocenters. The minimum atomic E-state index is -0.184. The highest BCUT2D eigenvalue weighted by Gasteiger charge is 2.18. The molecule has 3 rings (SSSR count). The van der Waals surface area contributed by atoms with Crippen molar-refractivity contribution in [1.29, 1.82) is 0 Å². The minimum absolute atomic E-state index is 0.184. The van der Waals surface area contributed by atoms with E-state index in [9.17, 15) is 4.79 Å². The molecule has 21 heavy (non-hydrogen) atoms.